The molecule has 0 aliphatic carbocycles. The SMILES string of the molecule is O=C(Cc1ccncc1)N1CCC(CN2CC(COc3cnccn3)CC2=O)CC1. The van der Waals surface area contributed by atoms with Crippen LogP contribution in [0.1, 0.15) is 24.8 Å². The maximum absolute atomic E-state index is 12.5. The molecule has 2 fully saturated rings. The summed E-state index contributed by atoms with van der Waals surface area (Å²) >= 11 is 0. The number of ether oxygens (including phenoxy) is 1. The van der Waals surface area contributed by atoms with E-state index < -0.39 is 0 Å². The van der Waals surface area contributed by atoms with Crippen LogP contribution in [0.5, 0.6) is 5.88 Å². The zero-order valence-electron chi connectivity index (χ0n) is 17.0. The summed E-state index contributed by atoms with van der Waals surface area (Å²) in [6.45, 7) is 3.49. The third kappa shape index (κ3) is 5.31. The van der Waals surface area contributed by atoms with Crippen LogP contribution >= 0.6 is 0 Å². The first-order valence-electron chi connectivity index (χ1n) is 10.5. The highest BCUT2D eigenvalue weighted by atomic mass is 16.5. The Morgan fingerprint density at radius 2 is 1.87 bits per heavy atom. The maximum Gasteiger partial charge on any atom is 0.232 e. The van der Waals surface area contributed by atoms with Crippen molar-refractivity contribution in [1.29, 1.82) is 0 Å². The lowest BCUT2D eigenvalue weighted by Gasteiger charge is -2.34. The lowest BCUT2D eigenvalue weighted by atomic mass is 9.95. The second-order valence-electron chi connectivity index (χ2n) is 8.08. The van der Waals surface area contributed by atoms with E-state index in [0.29, 0.717) is 31.2 Å². The minimum atomic E-state index is 0.165. The van der Waals surface area contributed by atoms with Gasteiger partial charge in [-0.1, -0.05) is 0 Å². The molecule has 2 amide bonds. The highest BCUT2D eigenvalue weighted by Crippen LogP contribution is 2.24. The highest BCUT2D eigenvalue weighted by Gasteiger charge is 2.33. The van der Waals surface area contributed by atoms with Gasteiger partial charge in [0.05, 0.1) is 19.2 Å². The normalized spacial score (nSPS) is 19.9. The van der Waals surface area contributed by atoms with Gasteiger partial charge in [0.1, 0.15) is 0 Å². The number of carbonyl (C=O) groups is 2. The highest BCUT2D eigenvalue weighted by molar-refractivity contribution is 5.79. The Labute approximate surface area is 176 Å². The van der Waals surface area contributed by atoms with Gasteiger partial charge in [0.25, 0.3) is 0 Å². The molecule has 0 aromatic carbocycles. The Bertz CT molecular complexity index is 840. The number of hydrogen-bond acceptors (Lipinski definition) is 6. The van der Waals surface area contributed by atoms with Gasteiger partial charge < -0.3 is 14.5 Å². The van der Waals surface area contributed by atoms with Gasteiger partial charge in [0, 0.05) is 63.3 Å². The summed E-state index contributed by atoms with van der Waals surface area (Å²) < 4.78 is 5.67. The van der Waals surface area contributed by atoms with E-state index in [4.69, 9.17) is 4.74 Å². The zero-order valence-corrected chi connectivity index (χ0v) is 17.0. The molecule has 0 N–H and O–H groups in total. The molecule has 2 aliphatic rings. The second kappa shape index (κ2) is 9.65. The molecule has 2 saturated heterocycles. The molecule has 8 nitrogen and oxygen atoms in total. The number of rotatable bonds is 7. The van der Waals surface area contributed by atoms with E-state index in [9.17, 15) is 9.59 Å². The molecule has 4 heterocycles. The summed E-state index contributed by atoms with van der Waals surface area (Å²) in [6, 6.07) is 3.77. The Morgan fingerprint density at radius 1 is 1.07 bits per heavy atom. The fourth-order valence-corrected chi connectivity index (χ4v) is 4.17. The van der Waals surface area contributed by atoms with E-state index in [0.717, 1.165) is 44.6 Å². The summed E-state index contributed by atoms with van der Waals surface area (Å²) in [6.07, 6.45) is 11.0. The average molecular weight is 409 g/mol. The molecule has 1 unspecified atom stereocenters. The first-order valence-corrected chi connectivity index (χ1v) is 10.5. The molecule has 2 aromatic heterocycles. The Balaban J connectivity index is 1.19. The van der Waals surface area contributed by atoms with E-state index in [-0.39, 0.29) is 17.7 Å². The van der Waals surface area contributed by atoms with Crippen molar-refractivity contribution < 1.29 is 14.3 Å². The molecule has 1 atom stereocenters. The van der Waals surface area contributed by atoms with E-state index in [1.54, 1.807) is 31.0 Å². The second-order valence-corrected chi connectivity index (χ2v) is 8.08. The van der Waals surface area contributed by atoms with Crippen LogP contribution in [-0.4, -0.2) is 69.4 Å². The molecular weight excluding hydrogens is 382 g/mol. The summed E-state index contributed by atoms with van der Waals surface area (Å²) in [4.78, 5) is 40.9. The van der Waals surface area contributed by atoms with E-state index in [1.165, 1.54) is 0 Å². The Morgan fingerprint density at radius 3 is 2.60 bits per heavy atom. The van der Waals surface area contributed by atoms with Crippen molar-refractivity contribution in [1.82, 2.24) is 24.8 Å². The smallest absolute Gasteiger partial charge is 0.232 e. The van der Waals surface area contributed by atoms with Crippen LogP contribution in [0, 0.1) is 11.8 Å². The fraction of sp³-hybridized carbons (Fsp3) is 0.500. The number of carbonyl (C=O) groups excluding carboxylic acids is 2. The molecule has 2 aliphatic heterocycles. The largest absolute Gasteiger partial charge is 0.476 e. The van der Waals surface area contributed by atoms with Crippen molar-refractivity contribution in [2.75, 3.05) is 32.8 Å². The summed E-state index contributed by atoms with van der Waals surface area (Å²) in [5.41, 5.74) is 0.995. The van der Waals surface area contributed by atoms with Crippen LogP contribution < -0.4 is 4.74 Å². The lowest BCUT2D eigenvalue weighted by Crippen LogP contribution is -2.42. The van der Waals surface area contributed by atoms with E-state index in [2.05, 4.69) is 15.0 Å². The Hall–Kier alpha value is -3.03. The number of pyridine rings is 1. The van der Waals surface area contributed by atoms with Crippen molar-refractivity contribution in [3.63, 3.8) is 0 Å². The monoisotopic (exact) mass is 409 g/mol. The quantitative estimate of drug-likeness (QED) is 0.690. The zero-order chi connectivity index (χ0) is 20.8. The lowest BCUT2D eigenvalue weighted by molar-refractivity contribution is -0.133. The summed E-state index contributed by atoms with van der Waals surface area (Å²) in [5.74, 6) is 1.48. The number of aromatic nitrogens is 3. The van der Waals surface area contributed by atoms with Gasteiger partial charge in [-0.3, -0.25) is 19.6 Å². The molecule has 0 spiro atoms. The van der Waals surface area contributed by atoms with Gasteiger partial charge in [-0.15, -0.1) is 0 Å². The fourth-order valence-electron chi connectivity index (χ4n) is 4.17. The first kappa shape index (κ1) is 20.3. The van der Waals surface area contributed by atoms with Crippen molar-refractivity contribution in [3.05, 3.63) is 48.7 Å². The van der Waals surface area contributed by atoms with Crippen LogP contribution in [-0.2, 0) is 16.0 Å². The topological polar surface area (TPSA) is 88.5 Å². The molecule has 8 heteroatoms. The van der Waals surface area contributed by atoms with E-state index in [1.807, 2.05) is 21.9 Å². The number of nitrogens with zero attached hydrogens (tertiary/aromatic N) is 5. The van der Waals surface area contributed by atoms with Crippen molar-refractivity contribution in [3.8, 4) is 5.88 Å². The molecular formula is C22H27N5O3. The number of amides is 2. The predicted molar refractivity (Wildman–Crippen MR) is 109 cm³/mol. The summed E-state index contributed by atoms with van der Waals surface area (Å²) in [7, 11) is 0. The minimum absolute atomic E-state index is 0.165. The molecule has 158 valence electrons. The van der Waals surface area contributed by atoms with Crippen LogP contribution in [0.25, 0.3) is 0 Å². The van der Waals surface area contributed by atoms with Gasteiger partial charge in [0.15, 0.2) is 0 Å². The third-order valence-electron chi connectivity index (χ3n) is 5.85. The van der Waals surface area contributed by atoms with Crippen LogP contribution in [0.4, 0.5) is 0 Å². The van der Waals surface area contributed by atoms with Gasteiger partial charge in [-0.2, -0.15) is 0 Å². The average Bonchev–Trinajstić information content (AvgIpc) is 3.13. The standard InChI is InChI=1S/C22H27N5O3/c28-21(11-17-1-5-23-6-2-17)26-9-3-18(4-10-26)14-27-15-19(12-22(27)29)16-30-20-13-24-7-8-25-20/h1-2,5-8,13,18-19H,3-4,9-12,14-16H2. The van der Waals surface area contributed by atoms with Crippen LogP contribution in [0.3, 0.4) is 0 Å². The van der Waals surface area contributed by atoms with Gasteiger partial charge in [-0.25, -0.2) is 4.98 Å². The van der Waals surface area contributed by atoms with Crippen molar-refractivity contribution >= 4 is 11.8 Å². The Kier molecular flexibility index (Phi) is 6.51. The maximum atomic E-state index is 12.5. The number of hydrogen-bond donors (Lipinski definition) is 0. The molecule has 0 saturated carbocycles. The van der Waals surface area contributed by atoms with Gasteiger partial charge in [0.2, 0.25) is 17.7 Å². The van der Waals surface area contributed by atoms with E-state index >= 15 is 0 Å². The molecule has 0 bridgehead atoms. The van der Waals surface area contributed by atoms with Crippen LogP contribution in [0.15, 0.2) is 43.1 Å². The van der Waals surface area contributed by atoms with Gasteiger partial charge in [-0.05, 0) is 36.5 Å². The van der Waals surface area contributed by atoms with Crippen molar-refractivity contribution in [2.24, 2.45) is 11.8 Å². The summed E-state index contributed by atoms with van der Waals surface area (Å²) in [5, 5.41) is 0. The van der Waals surface area contributed by atoms with Gasteiger partial charge >= 0.3 is 0 Å². The minimum Gasteiger partial charge on any atom is -0.476 e. The molecule has 0 radical (unpaired) electrons. The third-order valence-corrected chi connectivity index (χ3v) is 5.85. The number of piperidine rings is 1. The van der Waals surface area contributed by atoms with Crippen LogP contribution in [0.2, 0.25) is 0 Å². The molecule has 30 heavy (non-hydrogen) atoms. The van der Waals surface area contributed by atoms with Crippen molar-refractivity contribution in [2.45, 2.75) is 25.7 Å². The predicted octanol–water partition coefficient (Wildman–Crippen LogP) is 1.58. The number of likely N-dealkylation sites (tertiary alicyclic amines) is 2. The molecule has 2 aromatic rings. The molecule has 4 rings (SSSR count). The first-order chi connectivity index (χ1) is 14.7.